The third-order valence-corrected chi connectivity index (χ3v) is 4.89. The fraction of sp³-hybridized carbons (Fsp3) is 0.786. The Bertz CT molecular complexity index is 367. The zero-order valence-corrected chi connectivity index (χ0v) is 12.6. The Balaban J connectivity index is 1.82. The second-order valence-corrected chi connectivity index (χ2v) is 7.65. The van der Waals surface area contributed by atoms with Gasteiger partial charge in [-0.15, -0.1) is 0 Å². The molecule has 1 aliphatic rings. The van der Waals surface area contributed by atoms with E-state index >= 15 is 0 Å². The van der Waals surface area contributed by atoms with E-state index in [4.69, 9.17) is 0 Å². The van der Waals surface area contributed by atoms with Crippen LogP contribution in [-0.4, -0.2) is 26.6 Å². The highest BCUT2D eigenvalue weighted by Crippen LogP contribution is 2.38. The van der Waals surface area contributed by atoms with E-state index in [2.05, 4.69) is 53.6 Å². The van der Waals surface area contributed by atoms with Gasteiger partial charge in [-0.3, -0.25) is 0 Å². The predicted molar refractivity (Wildman–Crippen MR) is 78.9 cm³/mol. The van der Waals surface area contributed by atoms with Crippen LogP contribution in [-0.2, 0) is 13.1 Å². The van der Waals surface area contributed by atoms with E-state index in [1.165, 1.54) is 18.6 Å². The van der Waals surface area contributed by atoms with Gasteiger partial charge in [0.2, 0.25) is 0 Å². The summed E-state index contributed by atoms with van der Waals surface area (Å²) in [5.74, 6) is 2.01. The van der Waals surface area contributed by atoms with E-state index in [1.54, 1.807) is 0 Å². The van der Waals surface area contributed by atoms with Gasteiger partial charge >= 0.3 is 0 Å². The Labute approximate surface area is 115 Å². The zero-order chi connectivity index (χ0) is 13.0. The Kier molecular flexibility index (Phi) is 4.73. The minimum absolute atomic E-state index is 0.420. The molecular formula is C14H25N3S. The molecule has 102 valence electrons. The first-order chi connectivity index (χ1) is 8.57. The maximum atomic E-state index is 4.48. The summed E-state index contributed by atoms with van der Waals surface area (Å²) >= 11 is 2.11. The van der Waals surface area contributed by atoms with Crippen molar-refractivity contribution in [1.29, 1.82) is 0 Å². The lowest BCUT2D eigenvalue weighted by atomic mass is 10.1. The normalized spacial score (nSPS) is 24.0. The number of nitrogens with one attached hydrogen (secondary N) is 1. The first-order valence-corrected chi connectivity index (χ1v) is 7.91. The molecule has 0 amide bonds. The van der Waals surface area contributed by atoms with Gasteiger partial charge in [-0.1, -0.05) is 13.8 Å². The molecule has 1 aliphatic heterocycles. The molecule has 3 nitrogen and oxygen atoms in total. The summed E-state index contributed by atoms with van der Waals surface area (Å²) in [7, 11) is 0. The van der Waals surface area contributed by atoms with Crippen LogP contribution in [0.2, 0.25) is 0 Å². The third kappa shape index (κ3) is 4.02. The van der Waals surface area contributed by atoms with Gasteiger partial charge in [0.05, 0.1) is 12.0 Å². The highest BCUT2D eigenvalue weighted by Gasteiger charge is 2.29. The molecule has 1 aromatic heterocycles. The fourth-order valence-electron chi connectivity index (χ4n) is 2.42. The summed E-state index contributed by atoms with van der Waals surface area (Å²) in [6.07, 6.45) is 6.86. The molecule has 0 bridgehead atoms. The molecule has 1 atom stereocenters. The number of thioether (sulfide) groups is 1. The molecule has 1 unspecified atom stereocenters. The highest BCUT2D eigenvalue weighted by molar-refractivity contribution is 8.00. The minimum Gasteiger partial charge on any atom is -0.336 e. The Morgan fingerprint density at radius 1 is 1.56 bits per heavy atom. The lowest BCUT2D eigenvalue weighted by Gasteiger charge is -2.22. The van der Waals surface area contributed by atoms with Gasteiger partial charge in [-0.2, -0.15) is 11.8 Å². The average molecular weight is 267 g/mol. The van der Waals surface area contributed by atoms with Gasteiger partial charge in [-0.05, 0) is 38.0 Å². The second kappa shape index (κ2) is 6.11. The monoisotopic (exact) mass is 267 g/mol. The molecule has 18 heavy (non-hydrogen) atoms. The van der Waals surface area contributed by atoms with Gasteiger partial charge < -0.3 is 9.88 Å². The van der Waals surface area contributed by atoms with Crippen molar-refractivity contribution in [2.45, 2.75) is 51.4 Å². The summed E-state index contributed by atoms with van der Waals surface area (Å²) in [5.41, 5.74) is 1.15. The van der Waals surface area contributed by atoms with Crippen molar-refractivity contribution in [3.63, 3.8) is 0 Å². The Hall–Kier alpha value is -0.480. The van der Waals surface area contributed by atoms with E-state index in [0.717, 1.165) is 25.3 Å². The van der Waals surface area contributed by atoms with E-state index in [9.17, 15) is 0 Å². The standard InChI is InChI=1S/C14H25N3S/c1-12(2)7-15-8-13-9-17(11-16-13)10-14(3)5-4-6-18-14/h9,11-12,15H,4-8,10H2,1-3H3. The molecule has 1 aromatic rings. The minimum atomic E-state index is 0.420. The van der Waals surface area contributed by atoms with E-state index in [-0.39, 0.29) is 0 Å². The third-order valence-electron chi connectivity index (χ3n) is 3.36. The first kappa shape index (κ1) is 13.9. The number of hydrogen-bond acceptors (Lipinski definition) is 3. The van der Waals surface area contributed by atoms with Crippen LogP contribution in [0.1, 0.15) is 39.3 Å². The van der Waals surface area contributed by atoms with Gasteiger partial charge in [0.15, 0.2) is 0 Å². The summed E-state index contributed by atoms with van der Waals surface area (Å²) in [6, 6.07) is 0. The summed E-state index contributed by atoms with van der Waals surface area (Å²) < 4.78 is 2.67. The van der Waals surface area contributed by atoms with Crippen LogP contribution in [0.5, 0.6) is 0 Å². The van der Waals surface area contributed by atoms with Crippen molar-refractivity contribution in [3.05, 3.63) is 18.2 Å². The number of hydrogen-bond donors (Lipinski definition) is 1. The molecule has 0 radical (unpaired) electrons. The molecule has 4 heteroatoms. The molecule has 0 spiro atoms. The van der Waals surface area contributed by atoms with Crippen molar-refractivity contribution < 1.29 is 0 Å². The molecule has 1 saturated heterocycles. The molecule has 0 aromatic carbocycles. The number of imidazole rings is 1. The quantitative estimate of drug-likeness (QED) is 0.859. The summed E-state index contributed by atoms with van der Waals surface area (Å²) in [5, 5.41) is 3.44. The van der Waals surface area contributed by atoms with Crippen molar-refractivity contribution in [2.75, 3.05) is 12.3 Å². The molecular weight excluding hydrogens is 242 g/mol. The van der Waals surface area contributed by atoms with Crippen LogP contribution < -0.4 is 5.32 Å². The average Bonchev–Trinajstić information content (AvgIpc) is 2.88. The van der Waals surface area contributed by atoms with Crippen molar-refractivity contribution in [1.82, 2.24) is 14.9 Å². The highest BCUT2D eigenvalue weighted by atomic mass is 32.2. The molecule has 2 heterocycles. The zero-order valence-electron chi connectivity index (χ0n) is 11.8. The van der Waals surface area contributed by atoms with Gasteiger partial charge in [-0.25, -0.2) is 4.98 Å². The molecule has 0 saturated carbocycles. The van der Waals surface area contributed by atoms with Gasteiger partial charge in [0.1, 0.15) is 0 Å². The lowest BCUT2D eigenvalue weighted by Crippen LogP contribution is -2.23. The number of aromatic nitrogens is 2. The van der Waals surface area contributed by atoms with Crippen LogP contribution in [0.4, 0.5) is 0 Å². The van der Waals surface area contributed by atoms with Crippen LogP contribution in [0.25, 0.3) is 0 Å². The molecule has 0 aliphatic carbocycles. The second-order valence-electron chi connectivity index (χ2n) is 5.96. The lowest BCUT2D eigenvalue weighted by molar-refractivity contribution is 0.509. The van der Waals surface area contributed by atoms with Crippen LogP contribution >= 0.6 is 11.8 Å². The molecule has 1 N–H and O–H groups in total. The maximum Gasteiger partial charge on any atom is 0.0950 e. The fourth-order valence-corrected chi connectivity index (χ4v) is 3.73. The van der Waals surface area contributed by atoms with Crippen molar-refractivity contribution >= 4 is 11.8 Å². The molecule has 1 fully saturated rings. The smallest absolute Gasteiger partial charge is 0.0950 e. The van der Waals surface area contributed by atoms with Gasteiger partial charge in [0, 0.05) is 24.0 Å². The Morgan fingerprint density at radius 3 is 3.06 bits per heavy atom. The SMILES string of the molecule is CC(C)CNCc1cn(CC2(C)CCCS2)cn1. The van der Waals surface area contributed by atoms with Crippen molar-refractivity contribution in [3.8, 4) is 0 Å². The van der Waals surface area contributed by atoms with E-state index < -0.39 is 0 Å². The first-order valence-electron chi connectivity index (χ1n) is 6.93. The van der Waals surface area contributed by atoms with Crippen molar-refractivity contribution in [2.24, 2.45) is 5.92 Å². The largest absolute Gasteiger partial charge is 0.336 e. The number of nitrogens with zero attached hydrogens (tertiary/aromatic N) is 2. The topological polar surface area (TPSA) is 29.9 Å². The predicted octanol–water partition coefficient (Wildman–Crippen LogP) is 2.91. The van der Waals surface area contributed by atoms with E-state index in [1.807, 2.05) is 6.33 Å². The van der Waals surface area contributed by atoms with Gasteiger partial charge in [0.25, 0.3) is 0 Å². The van der Waals surface area contributed by atoms with Crippen LogP contribution in [0.15, 0.2) is 12.5 Å². The van der Waals surface area contributed by atoms with E-state index in [0.29, 0.717) is 10.7 Å². The van der Waals surface area contributed by atoms with Crippen LogP contribution in [0.3, 0.4) is 0 Å². The summed E-state index contributed by atoms with van der Waals surface area (Å²) in [6.45, 7) is 9.86. The summed E-state index contributed by atoms with van der Waals surface area (Å²) in [4.78, 5) is 4.48. The maximum absolute atomic E-state index is 4.48. The van der Waals surface area contributed by atoms with Crippen LogP contribution in [0, 0.1) is 5.92 Å². The molecule has 2 rings (SSSR count). The Morgan fingerprint density at radius 2 is 2.39 bits per heavy atom. The number of rotatable bonds is 6.